The second-order valence-corrected chi connectivity index (χ2v) is 6.12. The number of benzene rings is 1. The molecule has 1 aromatic rings. The van der Waals surface area contributed by atoms with Crippen LogP contribution in [0.5, 0.6) is 0 Å². The second kappa shape index (κ2) is 7.11. The van der Waals surface area contributed by atoms with E-state index in [1.54, 1.807) is 0 Å². The van der Waals surface area contributed by atoms with Crippen LogP contribution in [-0.4, -0.2) is 69.0 Å². The first-order chi connectivity index (χ1) is 9.97. The van der Waals surface area contributed by atoms with Crippen molar-refractivity contribution in [1.29, 1.82) is 5.41 Å². The Morgan fingerprint density at radius 2 is 1.95 bits per heavy atom. The Morgan fingerprint density at radius 1 is 1.29 bits per heavy atom. The third-order valence-corrected chi connectivity index (χ3v) is 4.16. The van der Waals surface area contributed by atoms with Crippen LogP contribution in [0.25, 0.3) is 0 Å². The summed E-state index contributed by atoms with van der Waals surface area (Å²) in [6.07, 6.45) is 0. The molecule has 3 N–H and O–H groups in total. The number of nitrogens with two attached hydrogens (primary N) is 1. The van der Waals surface area contributed by atoms with Crippen molar-refractivity contribution in [3.05, 3.63) is 28.8 Å². The van der Waals surface area contributed by atoms with Crippen molar-refractivity contribution in [3.8, 4) is 0 Å². The van der Waals surface area contributed by atoms with Gasteiger partial charge in [-0.05, 0) is 32.3 Å². The van der Waals surface area contributed by atoms with Crippen molar-refractivity contribution in [1.82, 2.24) is 9.80 Å². The quantitative estimate of drug-likeness (QED) is 0.636. The maximum Gasteiger partial charge on any atom is 0.124 e. The molecule has 0 bridgehead atoms. The minimum Gasteiger partial charge on any atom is -0.384 e. The van der Waals surface area contributed by atoms with Gasteiger partial charge in [0.05, 0.1) is 5.02 Å². The molecule has 116 valence electrons. The van der Waals surface area contributed by atoms with Gasteiger partial charge < -0.3 is 15.5 Å². The van der Waals surface area contributed by atoms with Crippen LogP contribution in [0, 0.1) is 5.41 Å². The van der Waals surface area contributed by atoms with Gasteiger partial charge in [-0.3, -0.25) is 10.3 Å². The van der Waals surface area contributed by atoms with E-state index >= 15 is 0 Å². The van der Waals surface area contributed by atoms with E-state index in [0.29, 0.717) is 10.6 Å². The lowest BCUT2D eigenvalue weighted by Crippen LogP contribution is -2.48. The van der Waals surface area contributed by atoms with Gasteiger partial charge in [0.1, 0.15) is 5.84 Å². The van der Waals surface area contributed by atoms with Crippen molar-refractivity contribution in [2.24, 2.45) is 5.73 Å². The maximum absolute atomic E-state index is 7.47. The van der Waals surface area contributed by atoms with Crippen LogP contribution in [0.15, 0.2) is 18.2 Å². The molecule has 2 rings (SSSR count). The number of amidine groups is 1. The van der Waals surface area contributed by atoms with Crippen molar-refractivity contribution >= 4 is 23.1 Å². The van der Waals surface area contributed by atoms with E-state index in [9.17, 15) is 0 Å². The van der Waals surface area contributed by atoms with E-state index in [4.69, 9.17) is 22.7 Å². The summed E-state index contributed by atoms with van der Waals surface area (Å²) >= 11 is 6.19. The monoisotopic (exact) mass is 309 g/mol. The average Bonchev–Trinajstić information content (AvgIpc) is 2.45. The van der Waals surface area contributed by atoms with E-state index in [1.165, 1.54) is 0 Å². The molecule has 0 spiro atoms. The number of rotatable bonds is 5. The van der Waals surface area contributed by atoms with Crippen molar-refractivity contribution in [2.75, 3.05) is 58.3 Å². The van der Waals surface area contributed by atoms with Gasteiger partial charge in [0.2, 0.25) is 0 Å². The summed E-state index contributed by atoms with van der Waals surface area (Å²) in [6.45, 7) is 6.36. The van der Waals surface area contributed by atoms with E-state index in [-0.39, 0.29) is 5.84 Å². The minimum absolute atomic E-state index is 0.0139. The predicted molar refractivity (Wildman–Crippen MR) is 89.7 cm³/mol. The number of hydrogen-bond acceptors (Lipinski definition) is 4. The number of nitrogens with zero attached hydrogens (tertiary/aromatic N) is 3. The van der Waals surface area contributed by atoms with E-state index in [0.717, 1.165) is 45.0 Å². The highest BCUT2D eigenvalue weighted by Gasteiger charge is 2.18. The standard InChI is InChI=1S/C15H24ClN5/c1-19(2)5-6-20-7-9-21(10-8-20)12-3-4-13(15(17)18)14(16)11-12/h3-4,11H,5-10H2,1-2H3,(H3,17,18). The van der Waals surface area contributed by atoms with Gasteiger partial charge in [-0.25, -0.2) is 0 Å². The molecular weight excluding hydrogens is 286 g/mol. The van der Waals surface area contributed by atoms with Crippen LogP contribution in [0.3, 0.4) is 0 Å². The van der Waals surface area contributed by atoms with Gasteiger partial charge in [0, 0.05) is 50.5 Å². The molecule has 1 aromatic carbocycles. The van der Waals surface area contributed by atoms with E-state index in [2.05, 4.69) is 28.8 Å². The molecule has 0 atom stereocenters. The average molecular weight is 310 g/mol. The first kappa shape index (κ1) is 16.1. The third-order valence-electron chi connectivity index (χ3n) is 3.84. The SMILES string of the molecule is CN(C)CCN1CCN(c2ccc(C(=N)N)c(Cl)c2)CC1. The van der Waals surface area contributed by atoms with Crippen molar-refractivity contribution in [2.45, 2.75) is 0 Å². The molecule has 0 amide bonds. The summed E-state index contributed by atoms with van der Waals surface area (Å²) in [5.74, 6) is 0.0139. The smallest absolute Gasteiger partial charge is 0.124 e. The third kappa shape index (κ3) is 4.33. The zero-order chi connectivity index (χ0) is 15.4. The second-order valence-electron chi connectivity index (χ2n) is 5.71. The van der Waals surface area contributed by atoms with Crippen LogP contribution in [-0.2, 0) is 0 Å². The van der Waals surface area contributed by atoms with Gasteiger partial charge in [0.25, 0.3) is 0 Å². The van der Waals surface area contributed by atoms with Crippen LogP contribution < -0.4 is 10.6 Å². The van der Waals surface area contributed by atoms with Gasteiger partial charge in [-0.1, -0.05) is 11.6 Å². The van der Waals surface area contributed by atoms with Crippen LogP contribution in [0.4, 0.5) is 5.69 Å². The molecular formula is C15H24ClN5. The predicted octanol–water partition coefficient (Wildman–Crippen LogP) is 1.31. The molecule has 0 aromatic heterocycles. The Bertz CT molecular complexity index is 495. The topological polar surface area (TPSA) is 59.6 Å². The fraction of sp³-hybridized carbons (Fsp3) is 0.533. The number of anilines is 1. The Balaban J connectivity index is 1.93. The Hall–Kier alpha value is -1.30. The van der Waals surface area contributed by atoms with Gasteiger partial charge in [-0.2, -0.15) is 0 Å². The molecule has 0 radical (unpaired) electrons. The summed E-state index contributed by atoms with van der Waals surface area (Å²) < 4.78 is 0. The van der Waals surface area contributed by atoms with Gasteiger partial charge >= 0.3 is 0 Å². The molecule has 0 unspecified atom stereocenters. The molecule has 0 saturated carbocycles. The number of hydrogen-bond donors (Lipinski definition) is 2. The van der Waals surface area contributed by atoms with Gasteiger partial charge in [-0.15, -0.1) is 0 Å². The minimum atomic E-state index is 0.0139. The number of piperazine rings is 1. The van der Waals surface area contributed by atoms with Crippen LogP contribution in [0.2, 0.25) is 5.02 Å². The zero-order valence-electron chi connectivity index (χ0n) is 12.8. The first-order valence-electron chi connectivity index (χ1n) is 7.23. The van der Waals surface area contributed by atoms with Crippen molar-refractivity contribution in [3.63, 3.8) is 0 Å². The fourth-order valence-electron chi connectivity index (χ4n) is 2.49. The van der Waals surface area contributed by atoms with Crippen molar-refractivity contribution < 1.29 is 0 Å². The molecule has 1 heterocycles. The number of halogens is 1. The Kier molecular flexibility index (Phi) is 5.45. The van der Waals surface area contributed by atoms with Crippen LogP contribution in [0.1, 0.15) is 5.56 Å². The molecule has 1 aliphatic rings. The number of nitrogens with one attached hydrogen (secondary N) is 1. The fourth-order valence-corrected chi connectivity index (χ4v) is 2.77. The molecule has 1 aliphatic heterocycles. The lowest BCUT2D eigenvalue weighted by Gasteiger charge is -2.36. The highest BCUT2D eigenvalue weighted by atomic mass is 35.5. The molecule has 5 nitrogen and oxygen atoms in total. The zero-order valence-corrected chi connectivity index (χ0v) is 13.5. The van der Waals surface area contributed by atoms with Crippen LogP contribution >= 0.6 is 11.6 Å². The molecule has 1 fully saturated rings. The number of likely N-dealkylation sites (N-methyl/N-ethyl adjacent to an activating group) is 1. The summed E-state index contributed by atoms with van der Waals surface area (Å²) in [4.78, 5) is 7.04. The molecule has 21 heavy (non-hydrogen) atoms. The normalized spacial score (nSPS) is 16.5. The highest BCUT2D eigenvalue weighted by Crippen LogP contribution is 2.24. The summed E-state index contributed by atoms with van der Waals surface area (Å²) in [5.41, 5.74) is 7.20. The maximum atomic E-state index is 7.47. The van der Waals surface area contributed by atoms with E-state index < -0.39 is 0 Å². The highest BCUT2D eigenvalue weighted by molar-refractivity contribution is 6.34. The number of nitrogen functional groups attached to an aromatic ring is 1. The lowest BCUT2D eigenvalue weighted by atomic mass is 10.1. The lowest BCUT2D eigenvalue weighted by molar-refractivity contribution is 0.229. The Labute approximate surface area is 131 Å². The molecule has 0 aliphatic carbocycles. The first-order valence-corrected chi connectivity index (χ1v) is 7.61. The largest absolute Gasteiger partial charge is 0.384 e. The van der Waals surface area contributed by atoms with E-state index in [1.807, 2.05) is 18.2 Å². The molecule has 1 saturated heterocycles. The summed E-state index contributed by atoms with van der Waals surface area (Å²) in [5, 5.41) is 8.02. The summed E-state index contributed by atoms with van der Waals surface area (Å²) in [6, 6.07) is 5.74. The molecule has 6 heteroatoms. The van der Waals surface area contributed by atoms with Gasteiger partial charge in [0.15, 0.2) is 0 Å². The Morgan fingerprint density at radius 3 is 2.48 bits per heavy atom. The summed E-state index contributed by atoms with van der Waals surface area (Å²) in [7, 11) is 4.21.